The van der Waals surface area contributed by atoms with Gasteiger partial charge in [-0.15, -0.1) is 0 Å². The fraction of sp³-hybridized carbons (Fsp3) is 0.750. The van der Waals surface area contributed by atoms with Crippen molar-refractivity contribution >= 4 is 0 Å². The molecule has 0 saturated heterocycles. The predicted molar refractivity (Wildman–Crippen MR) is 37.9 cm³/mol. The molecule has 0 spiro atoms. The number of hydrogen-bond donors (Lipinski definition) is 1. The second-order valence-electron chi connectivity index (χ2n) is 3.41. The highest BCUT2D eigenvalue weighted by Crippen LogP contribution is 2.56. The summed E-state index contributed by atoms with van der Waals surface area (Å²) in [6.07, 6.45) is 7.29. The van der Waals surface area contributed by atoms with E-state index in [1.807, 2.05) is 0 Å². The van der Waals surface area contributed by atoms with Gasteiger partial charge in [0.25, 0.3) is 0 Å². The molecule has 0 aromatic rings. The van der Waals surface area contributed by atoms with Crippen LogP contribution in [0.2, 0.25) is 0 Å². The van der Waals surface area contributed by atoms with Crippen LogP contribution in [0, 0.1) is 11.3 Å². The highest BCUT2D eigenvalue weighted by molar-refractivity contribution is 5.26. The van der Waals surface area contributed by atoms with Crippen molar-refractivity contribution in [2.45, 2.75) is 25.8 Å². The minimum Gasteiger partial charge on any atom is -0.327 e. The average Bonchev–Trinajstić information content (AvgIpc) is 1.76. The predicted octanol–water partition coefficient (Wildman–Crippen LogP) is 1.30. The van der Waals surface area contributed by atoms with Crippen molar-refractivity contribution in [3.05, 3.63) is 12.2 Å². The average molecular weight is 123 g/mol. The van der Waals surface area contributed by atoms with Gasteiger partial charge in [0.15, 0.2) is 0 Å². The van der Waals surface area contributed by atoms with Gasteiger partial charge in [-0.1, -0.05) is 12.2 Å². The van der Waals surface area contributed by atoms with Crippen molar-refractivity contribution < 1.29 is 0 Å². The van der Waals surface area contributed by atoms with Crippen LogP contribution in [0.5, 0.6) is 0 Å². The van der Waals surface area contributed by atoms with Gasteiger partial charge in [0, 0.05) is 11.5 Å². The molecule has 3 atom stereocenters. The summed E-state index contributed by atoms with van der Waals surface area (Å²) in [7, 11) is 0. The number of hydrogen-bond acceptors (Lipinski definition) is 1. The molecule has 2 rings (SSSR count). The number of allylic oxidation sites excluding steroid dienone is 1. The molecule has 1 nitrogen and oxygen atoms in total. The minimum atomic E-state index is 0.376. The van der Waals surface area contributed by atoms with Crippen LogP contribution in [0.3, 0.4) is 0 Å². The minimum absolute atomic E-state index is 0.376. The Kier molecular flexibility index (Phi) is 0.854. The summed E-state index contributed by atoms with van der Waals surface area (Å²) in [6.45, 7) is 2.12. The van der Waals surface area contributed by atoms with Crippen LogP contribution >= 0.6 is 0 Å². The Labute approximate surface area is 55.9 Å². The zero-order chi connectivity index (χ0) is 6.48. The molecule has 0 aliphatic heterocycles. The fourth-order valence-electron chi connectivity index (χ4n) is 2.02. The molecule has 2 aliphatic carbocycles. The number of rotatable bonds is 1. The first-order valence-corrected chi connectivity index (χ1v) is 3.71. The quantitative estimate of drug-likeness (QED) is 0.522. The van der Waals surface area contributed by atoms with E-state index in [9.17, 15) is 0 Å². The molecule has 0 radical (unpaired) electrons. The lowest BCUT2D eigenvalue weighted by Crippen LogP contribution is -2.54. The van der Waals surface area contributed by atoms with Crippen molar-refractivity contribution in [2.75, 3.05) is 0 Å². The Balaban J connectivity index is 2.19. The molecule has 0 amide bonds. The molecule has 1 saturated carbocycles. The first-order valence-electron chi connectivity index (χ1n) is 3.71. The lowest BCUT2D eigenvalue weighted by Gasteiger charge is -2.55. The van der Waals surface area contributed by atoms with E-state index in [2.05, 4.69) is 19.1 Å². The third kappa shape index (κ3) is 0.445. The zero-order valence-corrected chi connectivity index (χ0v) is 5.80. The van der Waals surface area contributed by atoms with Crippen LogP contribution in [-0.4, -0.2) is 6.04 Å². The molecule has 0 unspecified atom stereocenters. The van der Waals surface area contributed by atoms with Crippen molar-refractivity contribution in [3.63, 3.8) is 0 Å². The van der Waals surface area contributed by atoms with E-state index < -0.39 is 0 Å². The Morgan fingerprint density at radius 1 is 1.78 bits per heavy atom. The molecule has 2 N–H and O–H groups in total. The van der Waals surface area contributed by atoms with Crippen LogP contribution in [-0.2, 0) is 0 Å². The van der Waals surface area contributed by atoms with Crippen molar-refractivity contribution in [2.24, 2.45) is 17.1 Å². The third-order valence-corrected chi connectivity index (χ3v) is 3.07. The lowest BCUT2D eigenvalue weighted by molar-refractivity contribution is 0.0665. The first-order chi connectivity index (χ1) is 4.26. The highest BCUT2D eigenvalue weighted by atomic mass is 14.7. The summed E-state index contributed by atoms with van der Waals surface area (Å²) >= 11 is 0. The van der Waals surface area contributed by atoms with Gasteiger partial charge >= 0.3 is 0 Å². The van der Waals surface area contributed by atoms with Gasteiger partial charge in [-0.25, -0.2) is 0 Å². The summed E-state index contributed by atoms with van der Waals surface area (Å²) in [5.41, 5.74) is 6.28. The molecule has 2 aliphatic rings. The van der Waals surface area contributed by atoms with E-state index in [-0.39, 0.29) is 0 Å². The molecule has 1 heteroatoms. The molecule has 0 heterocycles. The van der Waals surface area contributed by atoms with Gasteiger partial charge in [0.2, 0.25) is 0 Å². The summed E-state index contributed by atoms with van der Waals surface area (Å²) in [4.78, 5) is 0. The Morgan fingerprint density at radius 2 is 2.56 bits per heavy atom. The van der Waals surface area contributed by atoms with E-state index >= 15 is 0 Å². The van der Waals surface area contributed by atoms with Gasteiger partial charge in [0.05, 0.1) is 0 Å². The Bertz CT molecular complexity index is 160. The number of nitrogens with two attached hydrogens (primary N) is 1. The van der Waals surface area contributed by atoms with Gasteiger partial charge in [-0.05, 0) is 25.7 Å². The number of fused-ring (bicyclic) bond motifs is 1. The van der Waals surface area contributed by atoms with Crippen LogP contribution in [0.25, 0.3) is 0 Å². The van der Waals surface area contributed by atoms with Gasteiger partial charge in [-0.3, -0.25) is 0 Å². The molecule has 9 heavy (non-hydrogen) atoms. The van der Waals surface area contributed by atoms with Crippen molar-refractivity contribution in [1.82, 2.24) is 0 Å². The molecule has 1 fully saturated rings. The smallest absolute Gasteiger partial charge is 0.0107 e. The van der Waals surface area contributed by atoms with Crippen molar-refractivity contribution in [3.8, 4) is 0 Å². The molecule has 50 valence electrons. The van der Waals surface area contributed by atoms with Crippen LogP contribution in [0.4, 0.5) is 0 Å². The Morgan fingerprint density at radius 3 is 2.56 bits per heavy atom. The molecular formula is C8H13N. The standard InChI is InChI=1S/C8H13N/c1-6(9)8-4-2-7(8)3-5-8/h2,4,6-7H,3,5,9H2,1H3/t6-,7+,8+/m1/s1. The first kappa shape index (κ1) is 5.48. The summed E-state index contributed by atoms with van der Waals surface area (Å²) < 4.78 is 0. The van der Waals surface area contributed by atoms with Crippen LogP contribution < -0.4 is 5.73 Å². The summed E-state index contributed by atoms with van der Waals surface area (Å²) in [5.74, 6) is 0.845. The Hall–Kier alpha value is -0.300. The van der Waals surface area contributed by atoms with E-state index in [4.69, 9.17) is 5.73 Å². The maximum atomic E-state index is 5.82. The molecule has 0 aromatic carbocycles. The topological polar surface area (TPSA) is 26.0 Å². The second kappa shape index (κ2) is 1.40. The lowest BCUT2D eigenvalue weighted by atomic mass is 9.50. The highest BCUT2D eigenvalue weighted by Gasteiger charge is 2.50. The maximum Gasteiger partial charge on any atom is 0.0107 e. The largest absolute Gasteiger partial charge is 0.327 e. The van der Waals surface area contributed by atoms with Crippen LogP contribution in [0.15, 0.2) is 12.2 Å². The second-order valence-corrected chi connectivity index (χ2v) is 3.41. The normalized spacial score (nSPS) is 48.9. The van der Waals surface area contributed by atoms with Gasteiger partial charge < -0.3 is 5.73 Å². The molecular weight excluding hydrogens is 110 g/mol. The summed E-state index contributed by atoms with van der Waals surface area (Å²) in [6, 6.07) is 0.376. The maximum absolute atomic E-state index is 5.82. The van der Waals surface area contributed by atoms with E-state index in [1.165, 1.54) is 12.8 Å². The van der Waals surface area contributed by atoms with Crippen LogP contribution in [0.1, 0.15) is 19.8 Å². The van der Waals surface area contributed by atoms with Gasteiger partial charge in [-0.2, -0.15) is 0 Å². The van der Waals surface area contributed by atoms with Crippen molar-refractivity contribution in [1.29, 1.82) is 0 Å². The van der Waals surface area contributed by atoms with E-state index in [0.29, 0.717) is 11.5 Å². The monoisotopic (exact) mass is 123 g/mol. The molecule has 0 bridgehead atoms. The zero-order valence-electron chi connectivity index (χ0n) is 5.80. The molecule has 0 aromatic heterocycles. The van der Waals surface area contributed by atoms with Gasteiger partial charge in [0.1, 0.15) is 0 Å². The third-order valence-electron chi connectivity index (χ3n) is 3.07. The summed E-state index contributed by atoms with van der Waals surface area (Å²) in [5, 5.41) is 0. The van der Waals surface area contributed by atoms with E-state index in [0.717, 1.165) is 5.92 Å². The van der Waals surface area contributed by atoms with E-state index in [1.54, 1.807) is 0 Å². The fourth-order valence-corrected chi connectivity index (χ4v) is 2.02. The SMILES string of the molecule is C[C@@H](N)[C@@]12C=C[C@H]1CC2.